The first-order valence-corrected chi connectivity index (χ1v) is 7.18. The standard InChI is InChI=1S/C9H12I2N3O2/c10-4-3-7-1-2-9(14(15)16-12)5-8(7)6-13-11/h1-2,5,13H,3-4,6,12H2/q-1. The largest absolute Gasteiger partial charge is 0.732 e. The van der Waals surface area contributed by atoms with E-state index in [2.05, 4.69) is 53.9 Å². The summed E-state index contributed by atoms with van der Waals surface area (Å²) in [5, 5.41) is 11.5. The van der Waals surface area contributed by atoms with Crippen molar-refractivity contribution in [3.63, 3.8) is 0 Å². The highest BCUT2D eigenvalue weighted by Crippen LogP contribution is 2.20. The van der Waals surface area contributed by atoms with E-state index in [1.54, 1.807) is 12.1 Å². The van der Waals surface area contributed by atoms with Crippen LogP contribution in [0.2, 0.25) is 0 Å². The molecule has 3 N–H and O–H groups in total. The monoisotopic (exact) mass is 448 g/mol. The fourth-order valence-corrected chi connectivity index (χ4v) is 2.36. The molecule has 5 nitrogen and oxygen atoms in total. The van der Waals surface area contributed by atoms with Crippen molar-refractivity contribution in [1.29, 1.82) is 0 Å². The average Bonchev–Trinajstić information content (AvgIpc) is 2.31. The van der Waals surface area contributed by atoms with Crippen molar-refractivity contribution in [1.82, 2.24) is 3.53 Å². The first kappa shape index (κ1) is 14.4. The molecule has 0 radical (unpaired) electrons. The molecule has 16 heavy (non-hydrogen) atoms. The van der Waals surface area contributed by atoms with Gasteiger partial charge in [0.25, 0.3) is 0 Å². The van der Waals surface area contributed by atoms with E-state index in [9.17, 15) is 5.21 Å². The van der Waals surface area contributed by atoms with Gasteiger partial charge >= 0.3 is 0 Å². The number of halogens is 2. The molecule has 1 aromatic rings. The summed E-state index contributed by atoms with van der Waals surface area (Å²) in [6.45, 7) is 0.707. The number of rotatable bonds is 6. The van der Waals surface area contributed by atoms with Gasteiger partial charge in [-0.3, -0.25) is 8.76 Å². The number of aryl methyl sites for hydroxylation is 1. The number of nitrogens with one attached hydrogen (secondary N) is 1. The summed E-state index contributed by atoms with van der Waals surface area (Å²) in [4.78, 5) is 4.12. The van der Waals surface area contributed by atoms with Crippen molar-refractivity contribution >= 4 is 51.1 Å². The molecule has 0 spiro atoms. The van der Waals surface area contributed by atoms with E-state index < -0.39 is 0 Å². The zero-order valence-corrected chi connectivity index (χ0v) is 12.8. The molecule has 1 rings (SSSR count). The third kappa shape index (κ3) is 3.96. The molecule has 0 saturated carbocycles. The molecule has 7 heteroatoms. The molecule has 0 aliphatic rings. The summed E-state index contributed by atoms with van der Waals surface area (Å²) in [5.41, 5.74) is 2.72. The molecular formula is C9H12I2N3O2-. The van der Waals surface area contributed by atoms with Crippen LogP contribution in [-0.4, -0.2) is 4.43 Å². The molecule has 0 aromatic heterocycles. The predicted octanol–water partition coefficient (Wildman–Crippen LogP) is 2.21. The van der Waals surface area contributed by atoms with Crippen LogP contribution in [0.3, 0.4) is 0 Å². The minimum Gasteiger partial charge on any atom is -0.732 e. The van der Waals surface area contributed by atoms with Gasteiger partial charge in [0.2, 0.25) is 0 Å². The van der Waals surface area contributed by atoms with Crippen LogP contribution < -0.4 is 14.7 Å². The molecule has 0 unspecified atom stereocenters. The highest BCUT2D eigenvalue weighted by molar-refractivity contribution is 14.1. The number of hydrogen-bond donors (Lipinski definition) is 2. The predicted molar refractivity (Wildman–Crippen MR) is 81.0 cm³/mol. The fourth-order valence-electron chi connectivity index (χ4n) is 1.37. The number of nitrogens with two attached hydrogens (primary N) is 1. The van der Waals surface area contributed by atoms with E-state index in [0.717, 1.165) is 16.4 Å². The second-order valence-corrected chi connectivity index (χ2v) is 4.91. The highest BCUT2D eigenvalue weighted by atomic mass is 127. The van der Waals surface area contributed by atoms with Crippen LogP contribution >= 0.6 is 45.5 Å². The van der Waals surface area contributed by atoms with Gasteiger partial charge in [0.15, 0.2) is 0 Å². The Morgan fingerprint density at radius 1 is 1.44 bits per heavy atom. The molecular weight excluding hydrogens is 436 g/mol. The lowest BCUT2D eigenvalue weighted by Crippen LogP contribution is -2.20. The molecule has 0 saturated heterocycles. The zero-order valence-electron chi connectivity index (χ0n) is 8.45. The highest BCUT2D eigenvalue weighted by Gasteiger charge is 2.04. The Morgan fingerprint density at radius 3 is 2.75 bits per heavy atom. The average molecular weight is 448 g/mol. The van der Waals surface area contributed by atoms with Crippen molar-refractivity contribution < 1.29 is 4.94 Å². The third-order valence-corrected chi connectivity index (χ3v) is 3.04. The van der Waals surface area contributed by atoms with Gasteiger partial charge in [-0.1, -0.05) is 28.7 Å². The lowest BCUT2D eigenvalue weighted by atomic mass is 10.0. The van der Waals surface area contributed by atoms with Crippen molar-refractivity contribution in [2.45, 2.75) is 13.0 Å². The molecule has 90 valence electrons. The van der Waals surface area contributed by atoms with Gasteiger partial charge in [-0.05, 0) is 29.7 Å². The van der Waals surface area contributed by atoms with Crippen LogP contribution in [0.15, 0.2) is 18.2 Å². The van der Waals surface area contributed by atoms with Crippen molar-refractivity contribution in [3.05, 3.63) is 34.5 Å². The minimum atomic E-state index is 0.296. The van der Waals surface area contributed by atoms with Crippen LogP contribution in [0.4, 0.5) is 5.69 Å². The Labute approximate surface area is 122 Å². The summed E-state index contributed by atoms with van der Waals surface area (Å²) in [6, 6.07) is 5.42. The number of anilines is 1. The summed E-state index contributed by atoms with van der Waals surface area (Å²) in [7, 11) is 0. The van der Waals surface area contributed by atoms with Gasteiger partial charge in [0.1, 0.15) is 0 Å². The lowest BCUT2D eigenvalue weighted by molar-refractivity contribution is 0.136. The Balaban J connectivity index is 2.96. The number of alkyl halides is 1. The van der Waals surface area contributed by atoms with E-state index in [1.165, 1.54) is 5.56 Å². The maximum absolute atomic E-state index is 11.2. The van der Waals surface area contributed by atoms with E-state index >= 15 is 0 Å². The molecule has 0 fully saturated rings. The fraction of sp³-hybridized carbons (Fsp3) is 0.333. The topological polar surface area (TPSA) is 73.6 Å². The summed E-state index contributed by atoms with van der Waals surface area (Å²) < 4.78 is 4.08. The normalized spacial score (nSPS) is 10.5. The van der Waals surface area contributed by atoms with Crippen LogP contribution in [0.1, 0.15) is 11.1 Å². The zero-order chi connectivity index (χ0) is 12.0. The molecule has 0 heterocycles. The Hall–Kier alpha value is 0.320. The molecule has 1 aromatic carbocycles. The van der Waals surface area contributed by atoms with Crippen molar-refractivity contribution in [2.75, 3.05) is 9.65 Å². The van der Waals surface area contributed by atoms with Crippen molar-refractivity contribution in [3.8, 4) is 0 Å². The number of nitrogens with zero attached hydrogens (tertiary/aromatic N) is 1. The minimum absolute atomic E-state index is 0.296. The van der Waals surface area contributed by atoms with Gasteiger partial charge in [0, 0.05) is 33.8 Å². The maximum Gasteiger partial charge on any atom is 0.0533 e. The van der Waals surface area contributed by atoms with Crippen LogP contribution in [0.5, 0.6) is 0 Å². The lowest BCUT2D eigenvalue weighted by Gasteiger charge is -2.26. The van der Waals surface area contributed by atoms with Crippen molar-refractivity contribution in [2.24, 2.45) is 5.90 Å². The molecule has 0 atom stereocenters. The molecule has 0 aliphatic carbocycles. The second-order valence-electron chi connectivity index (χ2n) is 3.06. The van der Waals surface area contributed by atoms with Gasteiger partial charge in [0.05, 0.1) is 5.69 Å². The Kier molecular flexibility index (Phi) is 6.84. The summed E-state index contributed by atoms with van der Waals surface area (Å²) >= 11 is 4.40. The first-order chi connectivity index (χ1) is 7.72. The van der Waals surface area contributed by atoms with E-state index in [0.29, 0.717) is 17.5 Å². The maximum atomic E-state index is 11.2. The summed E-state index contributed by atoms with van der Waals surface area (Å²) in [6.07, 6.45) is 0.983. The van der Waals surface area contributed by atoms with Gasteiger partial charge < -0.3 is 5.21 Å². The van der Waals surface area contributed by atoms with Crippen LogP contribution in [-0.2, 0) is 17.9 Å². The molecule has 0 bridgehead atoms. The van der Waals surface area contributed by atoms with E-state index in [4.69, 9.17) is 5.90 Å². The summed E-state index contributed by atoms with van der Waals surface area (Å²) in [5.74, 6) is 4.82. The molecule has 0 aliphatic heterocycles. The van der Waals surface area contributed by atoms with Gasteiger partial charge in [-0.15, -0.1) is 0 Å². The van der Waals surface area contributed by atoms with Gasteiger partial charge in [-0.25, -0.2) is 0 Å². The smallest absolute Gasteiger partial charge is 0.0533 e. The van der Waals surface area contributed by atoms with E-state index in [-0.39, 0.29) is 0 Å². The quantitative estimate of drug-likeness (QED) is 0.303. The number of benzene rings is 1. The third-order valence-electron chi connectivity index (χ3n) is 2.12. The van der Waals surface area contributed by atoms with Gasteiger partial charge in [-0.2, -0.15) is 10.8 Å². The Morgan fingerprint density at radius 2 is 2.19 bits per heavy atom. The molecule has 0 amide bonds. The first-order valence-electron chi connectivity index (χ1n) is 4.58. The van der Waals surface area contributed by atoms with Crippen LogP contribution in [0.25, 0.3) is 0 Å². The SMILES string of the molecule is NON([O-])c1ccc(CCI)c(CNI)c1. The number of hydrogen-bond acceptors (Lipinski definition) is 5. The second kappa shape index (κ2) is 7.61. The van der Waals surface area contributed by atoms with E-state index in [1.807, 2.05) is 6.07 Å². The van der Waals surface area contributed by atoms with Crippen LogP contribution in [0, 0.1) is 5.21 Å². The Bertz CT molecular complexity index is 339.